The molecule has 2 unspecified atom stereocenters. The standard InChI is InChI=1S/C70H126NO8P/c1-6-8-10-12-14-16-18-20-22-24-26-28-30-32-34-35-37-39-41-43-45-47-49-51-53-55-57-59-61-63-70(73)79-68(67-78-80(74,75)77-65-64-71(3,4)5)66-76-69(72)62-60-58-56-54-52-50-48-46-44-42-40-38-36-33-31-29-27-25-23-21-19-17-15-13-11-9-7-2/h8,10,14,16,20,22,26,28,32,34,37,39,43,45,68H,6-7,9,11-13,15,17-19,21,23-25,27,29-31,33,35-36,38,40-42,44,46-67H2,1-5H3/b10-8-,16-14-,22-20-,28-26-,34-32-,39-37-,45-43-. The van der Waals surface area contributed by atoms with Gasteiger partial charge >= 0.3 is 11.9 Å². The summed E-state index contributed by atoms with van der Waals surface area (Å²) in [4.78, 5) is 38.0. The molecule has 0 saturated carbocycles. The van der Waals surface area contributed by atoms with E-state index in [-0.39, 0.29) is 32.0 Å². The predicted octanol–water partition coefficient (Wildman–Crippen LogP) is 20.7. The summed E-state index contributed by atoms with van der Waals surface area (Å²) in [7, 11) is 1.16. The normalized spacial score (nSPS) is 13.7. The first kappa shape index (κ1) is 77.2. The second kappa shape index (κ2) is 60.8. The molecule has 0 spiro atoms. The van der Waals surface area contributed by atoms with Gasteiger partial charge < -0.3 is 27.9 Å². The molecule has 0 aliphatic heterocycles. The summed E-state index contributed by atoms with van der Waals surface area (Å²) in [5, 5.41) is 0. The summed E-state index contributed by atoms with van der Waals surface area (Å²) in [5.41, 5.74) is 0. The lowest BCUT2D eigenvalue weighted by Crippen LogP contribution is -2.37. The number of likely N-dealkylation sites (N-methyl/N-ethyl adjacent to an activating group) is 1. The zero-order valence-electron chi connectivity index (χ0n) is 52.8. The maximum atomic E-state index is 12.8. The third kappa shape index (κ3) is 64.4. The molecule has 0 amide bonds. The van der Waals surface area contributed by atoms with Crippen molar-refractivity contribution in [2.75, 3.05) is 47.5 Å². The van der Waals surface area contributed by atoms with Crippen molar-refractivity contribution in [2.45, 2.75) is 302 Å². The van der Waals surface area contributed by atoms with Crippen LogP contribution in [-0.2, 0) is 32.7 Å². The third-order valence-electron chi connectivity index (χ3n) is 14.4. The van der Waals surface area contributed by atoms with E-state index in [1.54, 1.807) is 0 Å². The number of allylic oxidation sites excluding steroid dienone is 14. The SMILES string of the molecule is CC/C=C\C/C=C\C/C=C\C/C=C\C/C=C\C/C=C\C/C=C\CCCCCCCCCC(=O)OC(COC(=O)CCCCCCCCCCCCCCCCCCCCCCCCCCCCC)COP(=O)([O-])OCC[N+](C)(C)C. The van der Waals surface area contributed by atoms with E-state index in [0.717, 1.165) is 89.9 Å². The van der Waals surface area contributed by atoms with Gasteiger partial charge in [-0.1, -0.05) is 298 Å². The minimum absolute atomic E-state index is 0.0356. The molecule has 0 fully saturated rings. The number of nitrogens with zero attached hydrogens (tertiary/aromatic N) is 1. The van der Waals surface area contributed by atoms with Crippen molar-refractivity contribution in [3.63, 3.8) is 0 Å². The molecular formula is C70H126NO8P. The van der Waals surface area contributed by atoms with Crippen LogP contribution in [0.5, 0.6) is 0 Å². The number of ether oxygens (including phenoxy) is 2. The van der Waals surface area contributed by atoms with Crippen molar-refractivity contribution < 1.29 is 42.1 Å². The van der Waals surface area contributed by atoms with Crippen LogP contribution in [0.3, 0.4) is 0 Å². The molecule has 0 N–H and O–H groups in total. The fourth-order valence-corrected chi connectivity index (χ4v) is 10.1. The number of carbonyl (C=O) groups is 2. The van der Waals surface area contributed by atoms with Crippen molar-refractivity contribution in [3.05, 3.63) is 85.1 Å². The predicted molar refractivity (Wildman–Crippen MR) is 342 cm³/mol. The van der Waals surface area contributed by atoms with Gasteiger partial charge in [-0.25, -0.2) is 0 Å². The Kier molecular flexibility index (Phi) is 58.6. The van der Waals surface area contributed by atoms with Crippen LogP contribution in [0, 0.1) is 0 Å². The van der Waals surface area contributed by atoms with Gasteiger partial charge in [-0.3, -0.25) is 14.2 Å². The van der Waals surface area contributed by atoms with Crippen LogP contribution >= 0.6 is 7.82 Å². The minimum Gasteiger partial charge on any atom is -0.756 e. The van der Waals surface area contributed by atoms with Crippen molar-refractivity contribution in [3.8, 4) is 0 Å². The first-order valence-electron chi connectivity index (χ1n) is 33.3. The van der Waals surface area contributed by atoms with Crippen LogP contribution in [0.4, 0.5) is 0 Å². The quantitative estimate of drug-likeness (QED) is 0.0195. The smallest absolute Gasteiger partial charge is 0.306 e. The Morgan fingerprint density at radius 2 is 0.713 bits per heavy atom. The number of phosphoric ester groups is 1. The Morgan fingerprint density at radius 3 is 1.06 bits per heavy atom. The highest BCUT2D eigenvalue weighted by Gasteiger charge is 2.22. The van der Waals surface area contributed by atoms with E-state index in [0.29, 0.717) is 17.4 Å². The number of hydrogen-bond donors (Lipinski definition) is 0. The Bertz CT molecular complexity index is 1630. The summed E-state index contributed by atoms with van der Waals surface area (Å²) >= 11 is 0. The molecule has 10 heteroatoms. The molecule has 0 saturated heterocycles. The van der Waals surface area contributed by atoms with Gasteiger partial charge in [-0.05, 0) is 70.6 Å². The lowest BCUT2D eigenvalue weighted by molar-refractivity contribution is -0.870. The van der Waals surface area contributed by atoms with Gasteiger partial charge in [0.1, 0.15) is 19.8 Å². The van der Waals surface area contributed by atoms with Gasteiger partial charge in [0, 0.05) is 12.8 Å². The van der Waals surface area contributed by atoms with Crippen LogP contribution in [0.15, 0.2) is 85.1 Å². The van der Waals surface area contributed by atoms with E-state index < -0.39 is 26.5 Å². The summed E-state index contributed by atoms with van der Waals surface area (Å²) < 4.78 is 34.3. The van der Waals surface area contributed by atoms with Crippen molar-refractivity contribution in [2.24, 2.45) is 0 Å². The highest BCUT2D eigenvalue weighted by atomic mass is 31.2. The van der Waals surface area contributed by atoms with E-state index in [1.807, 2.05) is 21.1 Å². The summed E-state index contributed by atoms with van der Waals surface area (Å²) in [5.74, 6) is -0.838. The Hall–Kier alpha value is -2.81. The number of esters is 2. The van der Waals surface area contributed by atoms with Crippen LogP contribution in [0.25, 0.3) is 0 Å². The molecule has 0 aliphatic rings. The zero-order chi connectivity index (χ0) is 58.4. The van der Waals surface area contributed by atoms with E-state index >= 15 is 0 Å². The summed E-state index contributed by atoms with van der Waals surface area (Å²) in [6.45, 7) is 4.15. The maximum Gasteiger partial charge on any atom is 0.306 e. The van der Waals surface area contributed by atoms with Gasteiger partial charge in [-0.15, -0.1) is 0 Å². The van der Waals surface area contributed by atoms with Crippen LogP contribution in [0.2, 0.25) is 0 Å². The number of hydrogen-bond acceptors (Lipinski definition) is 8. The monoisotopic (exact) mass is 1140 g/mol. The average molecular weight is 1140 g/mol. The summed E-state index contributed by atoms with van der Waals surface area (Å²) in [6, 6.07) is 0. The topological polar surface area (TPSA) is 111 Å². The maximum absolute atomic E-state index is 12.8. The molecule has 80 heavy (non-hydrogen) atoms. The van der Waals surface area contributed by atoms with Crippen molar-refractivity contribution in [1.82, 2.24) is 0 Å². The molecular weight excluding hydrogens is 1010 g/mol. The molecule has 0 aliphatic carbocycles. The van der Waals surface area contributed by atoms with Gasteiger partial charge in [0.15, 0.2) is 6.10 Å². The highest BCUT2D eigenvalue weighted by Crippen LogP contribution is 2.38. The highest BCUT2D eigenvalue weighted by molar-refractivity contribution is 7.45. The fourth-order valence-electron chi connectivity index (χ4n) is 9.35. The third-order valence-corrected chi connectivity index (χ3v) is 15.4. The van der Waals surface area contributed by atoms with Gasteiger partial charge in [-0.2, -0.15) is 0 Å². The first-order chi connectivity index (χ1) is 39.0. The molecule has 0 aromatic rings. The molecule has 0 heterocycles. The number of quaternary nitrogens is 1. The van der Waals surface area contributed by atoms with E-state index in [9.17, 15) is 19.0 Å². The second-order valence-corrected chi connectivity index (χ2v) is 24.9. The summed E-state index contributed by atoms with van der Waals surface area (Å²) in [6.07, 6.45) is 82.2. The van der Waals surface area contributed by atoms with Gasteiger partial charge in [0.05, 0.1) is 27.7 Å². The lowest BCUT2D eigenvalue weighted by atomic mass is 10.0. The Morgan fingerprint density at radius 1 is 0.400 bits per heavy atom. The number of unbranched alkanes of at least 4 members (excludes halogenated alkanes) is 33. The van der Waals surface area contributed by atoms with Gasteiger partial charge in [0.2, 0.25) is 0 Å². The molecule has 0 aromatic heterocycles. The number of carbonyl (C=O) groups excluding carboxylic acids is 2. The molecule has 2 atom stereocenters. The molecule has 0 bridgehead atoms. The lowest BCUT2D eigenvalue weighted by Gasteiger charge is -2.28. The van der Waals surface area contributed by atoms with Crippen LogP contribution in [0.1, 0.15) is 296 Å². The van der Waals surface area contributed by atoms with E-state index in [2.05, 4.69) is 98.9 Å². The van der Waals surface area contributed by atoms with E-state index in [4.69, 9.17) is 18.5 Å². The van der Waals surface area contributed by atoms with Crippen molar-refractivity contribution >= 4 is 19.8 Å². The largest absolute Gasteiger partial charge is 0.756 e. The molecule has 0 rings (SSSR count). The molecule has 9 nitrogen and oxygen atoms in total. The van der Waals surface area contributed by atoms with Crippen molar-refractivity contribution in [1.29, 1.82) is 0 Å². The van der Waals surface area contributed by atoms with E-state index in [1.165, 1.54) is 173 Å². The van der Waals surface area contributed by atoms with Crippen LogP contribution < -0.4 is 4.89 Å². The first-order valence-corrected chi connectivity index (χ1v) is 34.8. The molecule has 0 aromatic carbocycles. The Labute approximate surface area is 494 Å². The Balaban J connectivity index is 4.12. The molecule has 464 valence electrons. The molecule has 0 radical (unpaired) electrons. The fraction of sp³-hybridized carbons (Fsp3) is 0.771. The second-order valence-electron chi connectivity index (χ2n) is 23.5. The van der Waals surface area contributed by atoms with Gasteiger partial charge in [0.25, 0.3) is 7.82 Å². The number of rotatable bonds is 61. The minimum atomic E-state index is -4.65. The average Bonchev–Trinajstić information content (AvgIpc) is 3.42. The van der Waals surface area contributed by atoms with Crippen LogP contribution in [-0.4, -0.2) is 70.0 Å². The number of phosphoric acid groups is 1. The zero-order valence-corrected chi connectivity index (χ0v) is 53.7.